The largest absolute Gasteiger partial charge is 0.507 e. The van der Waals surface area contributed by atoms with E-state index in [0.717, 1.165) is 88.1 Å². The van der Waals surface area contributed by atoms with Gasteiger partial charge in [0.15, 0.2) is 0 Å². The van der Waals surface area contributed by atoms with Crippen LogP contribution in [-0.2, 0) is 21.7 Å². The molecular weight excluding hydrogens is 1530 g/mol. The molecule has 0 atom stereocenters. The Labute approximate surface area is 711 Å². The molecule has 0 radical (unpaired) electrons. The van der Waals surface area contributed by atoms with Gasteiger partial charge in [0.2, 0.25) is 0 Å². The number of benzene rings is 14. The van der Waals surface area contributed by atoms with Crippen LogP contribution >= 0.6 is 0 Å². The Kier molecular flexibility index (Phi) is 23.2. The quantitative estimate of drug-likeness (QED) is 0.0439. The highest BCUT2D eigenvalue weighted by molar-refractivity contribution is 6.11. The van der Waals surface area contributed by atoms with Crippen molar-refractivity contribution in [3.8, 4) is 124 Å². The number of aromatic nitrogens is 2. The number of rotatable bonds is 20. The molecular formula is C108H102F4N2O8. The summed E-state index contributed by atoms with van der Waals surface area (Å²) in [6.45, 7) is 30.6. The van der Waals surface area contributed by atoms with Crippen molar-refractivity contribution in [2.75, 3.05) is 26.4 Å². The minimum atomic E-state index is -0.465. The van der Waals surface area contributed by atoms with Crippen LogP contribution in [0.15, 0.2) is 267 Å². The molecule has 4 N–H and O–H groups in total. The molecule has 0 saturated carbocycles. The Bertz CT molecular complexity index is 6100. The highest BCUT2D eigenvalue weighted by atomic mass is 19.1. The summed E-state index contributed by atoms with van der Waals surface area (Å²) < 4.78 is 90.2. The van der Waals surface area contributed by atoms with E-state index >= 15 is 8.78 Å². The summed E-state index contributed by atoms with van der Waals surface area (Å²) in [7, 11) is 0. The summed E-state index contributed by atoms with van der Waals surface area (Å²) in [5.74, 6) is -0.107. The SMILES string of the molecule is CC(C)(C)c1cc(-c2cc(F)cc(-c3ccccc3OCCCOc3ccccc3-c3cc(F)cc(-c4cc(C(C)(C)C)cc(C(C)(C)C)c4)c3O)c2O)cc(C(C)(C)C)c1.Cc1cc(-c2cc(F)ccc2OCCCOc2ccc(F)cc2-c2cc(C)cc(-n3c4ccccc4c4ccccc43)c2O)c(O)c(-n2c3ccccc3c3ccccc32)c1. The molecule has 0 aliphatic carbocycles. The maximum Gasteiger partial charge on any atom is 0.147 e. The number of phenols is 4. The van der Waals surface area contributed by atoms with Crippen molar-refractivity contribution in [3.05, 3.63) is 324 Å². The molecule has 0 aliphatic heterocycles. The Hall–Kier alpha value is -13.2. The minimum absolute atomic E-state index is 0.000404. The number of hydrogen-bond donors (Lipinski definition) is 4. The van der Waals surface area contributed by atoms with Crippen LogP contribution in [0, 0.1) is 37.1 Å². The zero-order chi connectivity index (χ0) is 86.4. The van der Waals surface area contributed by atoms with Gasteiger partial charge in [-0.1, -0.05) is 229 Å². The number of halogens is 4. The number of ether oxygens (including phenoxy) is 4. The molecule has 0 amide bonds. The first-order valence-electron chi connectivity index (χ1n) is 41.5. The third-order valence-electron chi connectivity index (χ3n) is 22.6. The molecule has 10 nitrogen and oxygen atoms in total. The van der Waals surface area contributed by atoms with Crippen LogP contribution in [0.5, 0.6) is 46.0 Å². The molecule has 2 heterocycles. The summed E-state index contributed by atoms with van der Waals surface area (Å²) in [4.78, 5) is 0. The second kappa shape index (κ2) is 33.8. The van der Waals surface area contributed by atoms with Crippen molar-refractivity contribution in [3.63, 3.8) is 0 Å². The molecule has 0 unspecified atom stereocenters. The van der Waals surface area contributed by atoms with Gasteiger partial charge >= 0.3 is 0 Å². The molecule has 620 valence electrons. The zero-order valence-electron chi connectivity index (χ0n) is 71.5. The first-order chi connectivity index (χ1) is 58.2. The number of aryl methyl sites for hydroxylation is 2. The first kappa shape index (κ1) is 83.8. The number of para-hydroxylation sites is 6. The Balaban J connectivity index is 0.000000190. The topological polar surface area (TPSA) is 128 Å². The van der Waals surface area contributed by atoms with Gasteiger partial charge in [0.25, 0.3) is 0 Å². The molecule has 0 aliphatic rings. The lowest BCUT2D eigenvalue weighted by atomic mass is 9.78. The molecule has 14 aromatic carbocycles. The van der Waals surface area contributed by atoms with Crippen molar-refractivity contribution < 1.29 is 56.9 Å². The van der Waals surface area contributed by atoms with Crippen molar-refractivity contribution >= 4 is 43.6 Å². The molecule has 0 bridgehead atoms. The summed E-state index contributed by atoms with van der Waals surface area (Å²) in [5, 5.41) is 51.8. The number of hydrogen-bond acceptors (Lipinski definition) is 8. The lowest BCUT2D eigenvalue weighted by Crippen LogP contribution is -2.16. The predicted molar refractivity (Wildman–Crippen MR) is 489 cm³/mol. The van der Waals surface area contributed by atoms with Crippen molar-refractivity contribution in [2.24, 2.45) is 0 Å². The van der Waals surface area contributed by atoms with Crippen LogP contribution < -0.4 is 18.9 Å². The van der Waals surface area contributed by atoms with Gasteiger partial charge in [0, 0.05) is 90.0 Å². The van der Waals surface area contributed by atoms with Crippen molar-refractivity contribution in [1.29, 1.82) is 0 Å². The highest BCUT2D eigenvalue weighted by Crippen LogP contribution is 2.50. The van der Waals surface area contributed by atoms with E-state index in [2.05, 4.69) is 119 Å². The zero-order valence-corrected chi connectivity index (χ0v) is 71.5. The van der Waals surface area contributed by atoms with Crippen molar-refractivity contribution in [2.45, 2.75) is 131 Å². The van der Waals surface area contributed by atoms with Crippen LogP contribution in [0.2, 0.25) is 0 Å². The van der Waals surface area contributed by atoms with E-state index in [1.807, 2.05) is 181 Å². The maximum absolute atomic E-state index is 15.5. The number of fused-ring (bicyclic) bond motifs is 6. The summed E-state index contributed by atoms with van der Waals surface area (Å²) >= 11 is 0. The van der Waals surface area contributed by atoms with Gasteiger partial charge in [-0.3, -0.25) is 0 Å². The van der Waals surface area contributed by atoms with E-state index in [1.54, 1.807) is 24.3 Å². The standard InChI is InChI=1S/C55H62F2O4.C53H40F2N2O4/c1-52(2,3)36-24-34(25-37(28-36)53(4,5)6)44-30-40(56)32-46(50(44)58)42-18-13-15-20-48(42)60-22-17-23-61-49-21-16-14-19-43(49)47-33-41(57)31-45(51(47)59)35-26-38(54(7,8)9)29-39(27-35)55(10,11)12;1-32-26-42(52(58)48(28-32)56-44-16-7-3-12-36(44)37-13-4-8-17-45(37)56)40-30-34(54)20-22-50(40)60-24-11-25-61-51-23-21-35(55)31-41(51)43-27-33(2)29-49(53(43)59)57-46-18-9-5-14-38(46)39-15-6-10-19-47(39)57/h13-16,18-21,24-33,58-59H,17,22-23H2,1-12H3;3-10,12-23,26-31,58-59H,11,24-25H2,1-2H3. The van der Waals surface area contributed by atoms with Gasteiger partial charge in [-0.25, -0.2) is 17.6 Å². The third kappa shape index (κ3) is 17.3. The van der Waals surface area contributed by atoms with Gasteiger partial charge in [-0.15, -0.1) is 0 Å². The lowest BCUT2D eigenvalue weighted by molar-refractivity contribution is 0.248. The number of nitrogens with zero attached hydrogens (tertiary/aromatic N) is 2. The Morgan fingerprint density at radius 3 is 0.828 bits per heavy atom. The Morgan fingerprint density at radius 1 is 0.254 bits per heavy atom. The molecule has 122 heavy (non-hydrogen) atoms. The average Bonchev–Trinajstić information content (AvgIpc) is 1.51. The third-order valence-corrected chi connectivity index (χ3v) is 22.6. The average molecular weight is 1630 g/mol. The van der Waals surface area contributed by atoms with Crippen LogP contribution in [0.1, 0.15) is 129 Å². The second-order valence-corrected chi connectivity index (χ2v) is 35.8. The Morgan fingerprint density at radius 2 is 0.516 bits per heavy atom. The molecule has 2 aromatic heterocycles. The molecule has 16 rings (SSSR count). The number of aromatic hydroxyl groups is 4. The fraction of sp³-hybridized carbons (Fsp3) is 0.222. The molecule has 0 fully saturated rings. The van der Waals surface area contributed by atoms with Crippen LogP contribution in [0.25, 0.3) is 122 Å². The molecule has 16 aromatic rings. The van der Waals surface area contributed by atoms with E-state index < -0.39 is 23.3 Å². The minimum Gasteiger partial charge on any atom is -0.507 e. The van der Waals surface area contributed by atoms with Gasteiger partial charge in [-0.2, -0.15) is 0 Å². The molecule has 0 spiro atoms. The van der Waals surface area contributed by atoms with Crippen LogP contribution in [-0.4, -0.2) is 56.0 Å². The fourth-order valence-corrected chi connectivity index (χ4v) is 16.1. The summed E-state index contributed by atoms with van der Waals surface area (Å²) in [6.07, 6.45) is 0.903. The monoisotopic (exact) mass is 1630 g/mol. The van der Waals surface area contributed by atoms with Crippen molar-refractivity contribution in [1.82, 2.24) is 9.13 Å². The lowest BCUT2D eigenvalue weighted by Gasteiger charge is -2.26. The molecule has 14 heteroatoms. The van der Waals surface area contributed by atoms with Gasteiger partial charge in [-0.05, 0) is 201 Å². The van der Waals surface area contributed by atoms with E-state index in [9.17, 15) is 29.2 Å². The fourth-order valence-electron chi connectivity index (χ4n) is 16.1. The van der Waals surface area contributed by atoms with Gasteiger partial charge in [0.1, 0.15) is 69.3 Å². The van der Waals surface area contributed by atoms with E-state index in [1.165, 1.54) is 48.5 Å². The van der Waals surface area contributed by atoms with Gasteiger partial charge < -0.3 is 48.5 Å². The van der Waals surface area contributed by atoms with Crippen LogP contribution in [0.3, 0.4) is 0 Å². The second-order valence-electron chi connectivity index (χ2n) is 35.8. The van der Waals surface area contributed by atoms with Crippen LogP contribution in [0.4, 0.5) is 17.6 Å². The smallest absolute Gasteiger partial charge is 0.147 e. The van der Waals surface area contributed by atoms with E-state index in [4.69, 9.17) is 18.9 Å². The van der Waals surface area contributed by atoms with E-state index in [-0.39, 0.29) is 71.1 Å². The summed E-state index contributed by atoms with van der Waals surface area (Å²) in [5.41, 5.74) is 16.3. The highest BCUT2D eigenvalue weighted by Gasteiger charge is 2.29. The maximum atomic E-state index is 15.5. The normalized spacial score (nSPS) is 12.0. The van der Waals surface area contributed by atoms with Gasteiger partial charge in [0.05, 0.1) is 59.9 Å². The summed E-state index contributed by atoms with van der Waals surface area (Å²) in [6, 6.07) is 81.0. The first-order valence-corrected chi connectivity index (χ1v) is 41.5. The number of phenolic OH excluding ortho intramolecular Hbond substituents is 4. The molecule has 0 saturated heterocycles. The van der Waals surface area contributed by atoms with E-state index in [0.29, 0.717) is 103 Å². The predicted octanol–water partition coefficient (Wildman–Crippen LogP) is 28.5.